The van der Waals surface area contributed by atoms with E-state index in [-0.39, 0.29) is 16.9 Å². The molecule has 0 unspecified atom stereocenters. The number of Topliss-reactive ketones (excluding diaryl/α,β-unsaturated/α-hetero) is 1. The summed E-state index contributed by atoms with van der Waals surface area (Å²) in [6.07, 6.45) is -5.18. The Bertz CT molecular complexity index is 858. The molecule has 1 aliphatic heterocycles. The van der Waals surface area contributed by atoms with Gasteiger partial charge in [0.05, 0.1) is 6.04 Å². The van der Waals surface area contributed by atoms with Crippen LogP contribution in [0.2, 0.25) is 0 Å². The number of hydrogen-bond donors (Lipinski definition) is 4. The molecule has 9 heteroatoms. The van der Waals surface area contributed by atoms with Crippen molar-refractivity contribution in [2.45, 2.75) is 17.9 Å². The number of nitrogens with one attached hydrogen (secondary N) is 2. The minimum Gasteiger partial charge on any atom is -0.508 e. The SMILES string of the molecule is O=C(c1ccccc1)[C@@H]1[C@H](c2ccc(O)cc2)NC(=S)N[C@]1(O)C(F)(F)F. The lowest BCUT2D eigenvalue weighted by Crippen LogP contribution is -2.72. The Balaban J connectivity index is 2.15. The van der Waals surface area contributed by atoms with Crippen LogP contribution in [0, 0.1) is 5.92 Å². The predicted molar refractivity (Wildman–Crippen MR) is 95.0 cm³/mol. The van der Waals surface area contributed by atoms with Gasteiger partial charge >= 0.3 is 6.18 Å². The lowest BCUT2D eigenvalue weighted by Gasteiger charge is -2.46. The maximum absolute atomic E-state index is 13.8. The number of ketones is 1. The second-order valence-electron chi connectivity index (χ2n) is 6.14. The zero-order valence-electron chi connectivity index (χ0n) is 13.7. The number of carbonyl (C=O) groups excluding carboxylic acids is 1. The number of rotatable bonds is 3. The van der Waals surface area contributed by atoms with Crippen molar-refractivity contribution in [1.29, 1.82) is 0 Å². The Labute approximate surface area is 157 Å². The van der Waals surface area contributed by atoms with Crippen molar-refractivity contribution < 1.29 is 28.2 Å². The van der Waals surface area contributed by atoms with Gasteiger partial charge in [0.1, 0.15) is 11.7 Å². The van der Waals surface area contributed by atoms with Crippen LogP contribution in [0.3, 0.4) is 0 Å². The van der Waals surface area contributed by atoms with E-state index in [2.05, 4.69) is 5.32 Å². The van der Waals surface area contributed by atoms with Crippen LogP contribution in [-0.4, -0.2) is 33.0 Å². The first-order valence-corrected chi connectivity index (χ1v) is 8.30. The first-order valence-electron chi connectivity index (χ1n) is 7.89. The highest BCUT2D eigenvalue weighted by Crippen LogP contribution is 2.44. The maximum Gasteiger partial charge on any atom is 0.437 e. The van der Waals surface area contributed by atoms with Crippen molar-refractivity contribution in [2.24, 2.45) is 5.92 Å². The van der Waals surface area contributed by atoms with Gasteiger partial charge in [-0.05, 0) is 29.9 Å². The number of thiocarbonyl (C=S) groups is 1. The molecule has 0 bridgehead atoms. The summed E-state index contributed by atoms with van der Waals surface area (Å²) < 4.78 is 41.4. The molecule has 1 fully saturated rings. The van der Waals surface area contributed by atoms with Crippen LogP contribution < -0.4 is 10.6 Å². The molecule has 2 aromatic carbocycles. The normalized spacial score (nSPS) is 25.4. The Morgan fingerprint density at radius 3 is 2.22 bits per heavy atom. The molecule has 0 spiro atoms. The van der Waals surface area contributed by atoms with Crippen LogP contribution in [0.4, 0.5) is 13.2 Å². The number of aromatic hydroxyl groups is 1. The molecule has 3 rings (SSSR count). The van der Waals surface area contributed by atoms with Crippen molar-refractivity contribution in [1.82, 2.24) is 10.6 Å². The fraction of sp³-hybridized carbons (Fsp3) is 0.222. The average molecular weight is 396 g/mol. The molecule has 0 amide bonds. The van der Waals surface area contributed by atoms with Crippen LogP contribution >= 0.6 is 12.2 Å². The minimum absolute atomic E-state index is 0.0189. The molecule has 1 aliphatic rings. The van der Waals surface area contributed by atoms with Crippen molar-refractivity contribution in [3.05, 3.63) is 65.7 Å². The van der Waals surface area contributed by atoms with E-state index in [0.717, 1.165) is 0 Å². The predicted octanol–water partition coefficient (Wildman–Crippen LogP) is 2.66. The van der Waals surface area contributed by atoms with Crippen LogP contribution in [0.25, 0.3) is 0 Å². The minimum atomic E-state index is -5.18. The van der Waals surface area contributed by atoms with E-state index in [1.165, 1.54) is 48.5 Å². The lowest BCUT2D eigenvalue weighted by atomic mass is 9.77. The van der Waals surface area contributed by atoms with E-state index in [9.17, 15) is 28.2 Å². The van der Waals surface area contributed by atoms with E-state index in [4.69, 9.17) is 12.2 Å². The molecule has 0 radical (unpaired) electrons. The number of halogens is 3. The summed E-state index contributed by atoms with van der Waals surface area (Å²) in [6.45, 7) is 0. The zero-order chi connectivity index (χ0) is 19.8. The van der Waals surface area contributed by atoms with Crippen molar-refractivity contribution in [2.75, 3.05) is 0 Å². The van der Waals surface area contributed by atoms with Gasteiger partial charge in [-0.2, -0.15) is 13.2 Å². The van der Waals surface area contributed by atoms with Gasteiger partial charge in [-0.15, -0.1) is 0 Å². The summed E-state index contributed by atoms with van der Waals surface area (Å²) in [7, 11) is 0. The first-order chi connectivity index (χ1) is 12.6. The molecule has 0 saturated carbocycles. The van der Waals surface area contributed by atoms with Crippen molar-refractivity contribution in [3.63, 3.8) is 0 Å². The molecule has 0 aromatic heterocycles. The molecule has 1 saturated heterocycles. The van der Waals surface area contributed by atoms with E-state index >= 15 is 0 Å². The number of alkyl halides is 3. The van der Waals surface area contributed by atoms with Crippen LogP contribution in [0.1, 0.15) is 22.0 Å². The van der Waals surface area contributed by atoms with Gasteiger partial charge in [0.2, 0.25) is 5.72 Å². The summed E-state index contributed by atoms with van der Waals surface area (Å²) in [5, 5.41) is 24.0. The Kier molecular flexibility index (Phi) is 4.83. The van der Waals surface area contributed by atoms with Gasteiger partial charge in [0, 0.05) is 5.56 Å². The van der Waals surface area contributed by atoms with Gasteiger partial charge in [0.15, 0.2) is 10.9 Å². The number of benzene rings is 2. The van der Waals surface area contributed by atoms with Crippen LogP contribution in [0.15, 0.2) is 54.6 Å². The van der Waals surface area contributed by atoms with Crippen molar-refractivity contribution >= 4 is 23.1 Å². The van der Waals surface area contributed by atoms with E-state index in [1.54, 1.807) is 6.07 Å². The fourth-order valence-electron chi connectivity index (χ4n) is 3.08. The topological polar surface area (TPSA) is 81.6 Å². The third-order valence-electron chi connectivity index (χ3n) is 4.40. The molecule has 142 valence electrons. The standard InChI is InChI=1S/C18H15F3N2O3S/c19-18(20,21)17(26)13(15(25)11-4-2-1-3-5-11)14(22-16(27)23-17)10-6-8-12(24)9-7-10/h1-9,13-14,24,26H,(H2,22,23,27)/t13-,14-,17+/m0/s1. The third kappa shape index (κ3) is 3.47. The van der Waals surface area contributed by atoms with Gasteiger partial charge in [-0.1, -0.05) is 42.5 Å². The molecular formula is C18H15F3N2O3S. The summed E-state index contributed by atoms with van der Waals surface area (Å²) in [5.74, 6) is -2.96. The molecule has 5 nitrogen and oxygen atoms in total. The second kappa shape index (κ2) is 6.82. The number of carbonyl (C=O) groups is 1. The lowest BCUT2D eigenvalue weighted by molar-refractivity contribution is -0.285. The van der Waals surface area contributed by atoms with E-state index < -0.39 is 34.8 Å². The van der Waals surface area contributed by atoms with Gasteiger partial charge in [-0.25, -0.2) is 0 Å². The molecule has 27 heavy (non-hydrogen) atoms. The number of hydrogen-bond acceptors (Lipinski definition) is 4. The first kappa shape index (κ1) is 19.1. The highest BCUT2D eigenvalue weighted by Gasteiger charge is 2.65. The summed E-state index contributed by atoms with van der Waals surface area (Å²) in [4.78, 5) is 13.0. The number of aliphatic hydroxyl groups is 1. The molecule has 3 atom stereocenters. The summed E-state index contributed by atoms with van der Waals surface area (Å²) >= 11 is 4.84. The van der Waals surface area contributed by atoms with Gasteiger partial charge < -0.3 is 20.8 Å². The summed E-state index contributed by atoms with van der Waals surface area (Å²) in [6, 6.07) is 11.4. The summed E-state index contributed by atoms with van der Waals surface area (Å²) in [5.41, 5.74) is -3.29. The fourth-order valence-corrected chi connectivity index (χ4v) is 3.36. The van der Waals surface area contributed by atoms with E-state index in [1.807, 2.05) is 5.32 Å². The Morgan fingerprint density at radius 1 is 1.07 bits per heavy atom. The number of phenolic OH excluding ortho intramolecular Hbond substituents is 1. The van der Waals surface area contributed by atoms with Crippen LogP contribution in [0.5, 0.6) is 5.75 Å². The monoisotopic (exact) mass is 396 g/mol. The molecular weight excluding hydrogens is 381 g/mol. The third-order valence-corrected chi connectivity index (χ3v) is 4.62. The van der Waals surface area contributed by atoms with Crippen LogP contribution in [-0.2, 0) is 0 Å². The van der Waals surface area contributed by atoms with Crippen molar-refractivity contribution in [3.8, 4) is 5.75 Å². The van der Waals surface area contributed by atoms with Gasteiger partial charge in [-0.3, -0.25) is 4.79 Å². The zero-order valence-corrected chi connectivity index (χ0v) is 14.5. The Morgan fingerprint density at radius 2 is 1.67 bits per heavy atom. The quantitative estimate of drug-likeness (QED) is 0.472. The Hall–Kier alpha value is -2.65. The average Bonchev–Trinajstić information content (AvgIpc) is 2.61. The molecule has 2 aromatic rings. The number of phenols is 1. The smallest absolute Gasteiger partial charge is 0.437 e. The van der Waals surface area contributed by atoms with Gasteiger partial charge in [0.25, 0.3) is 0 Å². The molecule has 4 N–H and O–H groups in total. The molecule has 1 heterocycles. The largest absolute Gasteiger partial charge is 0.508 e. The second-order valence-corrected chi connectivity index (χ2v) is 6.55. The highest BCUT2D eigenvalue weighted by molar-refractivity contribution is 7.80. The maximum atomic E-state index is 13.8. The highest BCUT2D eigenvalue weighted by atomic mass is 32.1. The molecule has 0 aliphatic carbocycles. The van der Waals surface area contributed by atoms with E-state index in [0.29, 0.717) is 0 Å².